The summed E-state index contributed by atoms with van der Waals surface area (Å²) in [6.45, 7) is 2.70. The van der Waals surface area contributed by atoms with Gasteiger partial charge in [-0.05, 0) is 19.1 Å². The largest absolute Gasteiger partial charge is 0.461 e. The maximum Gasteiger partial charge on any atom is 0.321 e. The lowest BCUT2D eigenvalue weighted by atomic mass is 10.4. The first-order valence-electron chi connectivity index (χ1n) is 4.01. The average molecular weight is 179 g/mol. The second kappa shape index (κ2) is 3.30. The van der Waals surface area contributed by atoms with E-state index >= 15 is 0 Å². The smallest absolute Gasteiger partial charge is 0.321 e. The molecule has 2 rings (SSSR count). The van der Waals surface area contributed by atoms with Crippen molar-refractivity contribution in [1.29, 1.82) is 0 Å². The summed E-state index contributed by atoms with van der Waals surface area (Å²) in [6, 6.07) is 3.97. The Kier molecular flexibility index (Phi) is 1.99. The number of anilines is 1. The predicted octanol–water partition coefficient (Wildman–Crippen LogP) is 1.76. The third kappa shape index (κ3) is 1.53. The van der Waals surface area contributed by atoms with E-state index < -0.39 is 0 Å². The second-order valence-electron chi connectivity index (χ2n) is 2.43. The van der Waals surface area contributed by atoms with E-state index in [0.717, 1.165) is 6.54 Å². The van der Waals surface area contributed by atoms with Crippen LogP contribution < -0.4 is 5.32 Å². The van der Waals surface area contributed by atoms with Gasteiger partial charge in [-0.25, -0.2) is 0 Å². The van der Waals surface area contributed by atoms with E-state index in [1.807, 2.05) is 6.92 Å². The highest BCUT2D eigenvalue weighted by Crippen LogP contribution is 2.17. The molecule has 0 fully saturated rings. The van der Waals surface area contributed by atoms with Crippen molar-refractivity contribution in [3.63, 3.8) is 0 Å². The van der Waals surface area contributed by atoms with Crippen LogP contribution in [0.25, 0.3) is 11.6 Å². The molecule has 1 N–H and O–H groups in total. The zero-order chi connectivity index (χ0) is 9.10. The summed E-state index contributed by atoms with van der Waals surface area (Å²) in [5.74, 6) is 1.06. The fourth-order valence-corrected chi connectivity index (χ4v) is 0.952. The average Bonchev–Trinajstić information content (AvgIpc) is 2.70. The molecular weight excluding hydrogens is 170 g/mol. The quantitative estimate of drug-likeness (QED) is 0.777. The van der Waals surface area contributed by atoms with Crippen molar-refractivity contribution in [3.05, 3.63) is 18.4 Å². The lowest BCUT2D eigenvalue weighted by Crippen LogP contribution is -1.95. The van der Waals surface area contributed by atoms with E-state index in [-0.39, 0.29) is 0 Å². The topological polar surface area (TPSA) is 64.1 Å². The van der Waals surface area contributed by atoms with Crippen LogP contribution in [0.5, 0.6) is 0 Å². The number of nitrogens with zero attached hydrogens (tertiary/aromatic N) is 2. The van der Waals surface area contributed by atoms with Crippen molar-refractivity contribution in [3.8, 4) is 11.6 Å². The summed E-state index contributed by atoms with van der Waals surface area (Å²) >= 11 is 0. The van der Waals surface area contributed by atoms with E-state index in [0.29, 0.717) is 17.6 Å². The first-order valence-corrected chi connectivity index (χ1v) is 4.01. The molecule has 0 unspecified atom stereocenters. The predicted molar refractivity (Wildman–Crippen MR) is 46.2 cm³/mol. The van der Waals surface area contributed by atoms with Crippen LogP contribution in [0.4, 0.5) is 6.01 Å². The zero-order valence-electron chi connectivity index (χ0n) is 7.15. The maximum atomic E-state index is 5.10. The summed E-state index contributed by atoms with van der Waals surface area (Å²) in [4.78, 5) is 4.06. The van der Waals surface area contributed by atoms with Gasteiger partial charge in [-0.2, -0.15) is 4.98 Å². The van der Waals surface area contributed by atoms with Gasteiger partial charge < -0.3 is 14.3 Å². The first-order chi connectivity index (χ1) is 6.40. The highest BCUT2D eigenvalue weighted by atomic mass is 16.5. The Bertz CT molecular complexity index is 366. The van der Waals surface area contributed by atoms with Gasteiger partial charge >= 0.3 is 6.01 Å². The van der Waals surface area contributed by atoms with Crippen molar-refractivity contribution in [2.45, 2.75) is 6.92 Å². The summed E-state index contributed by atoms with van der Waals surface area (Å²) in [5, 5.41) is 6.64. The monoisotopic (exact) mass is 179 g/mol. The number of nitrogens with one attached hydrogen (secondary N) is 1. The molecule has 0 atom stereocenters. The van der Waals surface area contributed by atoms with Crippen LogP contribution in [0.1, 0.15) is 6.92 Å². The van der Waals surface area contributed by atoms with Gasteiger partial charge in [-0.1, -0.05) is 5.16 Å². The summed E-state index contributed by atoms with van der Waals surface area (Å²) < 4.78 is 9.99. The molecule has 0 radical (unpaired) electrons. The fraction of sp³-hybridized carbons (Fsp3) is 0.250. The second-order valence-corrected chi connectivity index (χ2v) is 2.43. The minimum absolute atomic E-state index is 0.411. The van der Waals surface area contributed by atoms with Crippen molar-refractivity contribution < 1.29 is 8.94 Å². The third-order valence-corrected chi connectivity index (χ3v) is 1.50. The highest BCUT2D eigenvalue weighted by molar-refractivity contribution is 5.46. The Morgan fingerprint density at radius 3 is 3.15 bits per heavy atom. The van der Waals surface area contributed by atoms with Crippen LogP contribution in [0, 0.1) is 0 Å². The fourth-order valence-electron chi connectivity index (χ4n) is 0.952. The van der Waals surface area contributed by atoms with Gasteiger partial charge in [0.1, 0.15) is 0 Å². The molecule has 5 nitrogen and oxygen atoms in total. The molecule has 0 saturated carbocycles. The molecule has 2 aromatic rings. The number of hydrogen-bond donors (Lipinski definition) is 1. The lowest BCUT2D eigenvalue weighted by molar-refractivity contribution is 0.430. The molecule has 2 heterocycles. The highest BCUT2D eigenvalue weighted by Gasteiger charge is 2.08. The molecule has 13 heavy (non-hydrogen) atoms. The van der Waals surface area contributed by atoms with E-state index in [4.69, 9.17) is 8.94 Å². The molecule has 0 spiro atoms. The van der Waals surface area contributed by atoms with Gasteiger partial charge in [0.2, 0.25) is 5.82 Å². The molecule has 0 saturated heterocycles. The molecule has 0 aromatic carbocycles. The van der Waals surface area contributed by atoms with Crippen LogP contribution in [0.2, 0.25) is 0 Å². The van der Waals surface area contributed by atoms with Crippen LogP contribution in [0.15, 0.2) is 27.3 Å². The van der Waals surface area contributed by atoms with Gasteiger partial charge in [-0.15, -0.1) is 0 Å². The Balaban J connectivity index is 2.23. The van der Waals surface area contributed by atoms with Crippen molar-refractivity contribution in [2.24, 2.45) is 0 Å². The molecule has 0 bridgehead atoms. The lowest BCUT2D eigenvalue weighted by Gasteiger charge is -1.89. The Hall–Kier alpha value is -1.78. The van der Waals surface area contributed by atoms with Gasteiger partial charge in [0.15, 0.2) is 5.76 Å². The number of furan rings is 1. The Morgan fingerprint density at radius 2 is 2.46 bits per heavy atom. The van der Waals surface area contributed by atoms with Crippen LogP contribution in [-0.4, -0.2) is 16.7 Å². The van der Waals surface area contributed by atoms with E-state index in [2.05, 4.69) is 15.5 Å². The minimum atomic E-state index is 0.411. The number of rotatable bonds is 3. The van der Waals surface area contributed by atoms with Gasteiger partial charge in [0.25, 0.3) is 0 Å². The van der Waals surface area contributed by atoms with Crippen LogP contribution >= 0.6 is 0 Å². The van der Waals surface area contributed by atoms with E-state index in [1.165, 1.54) is 0 Å². The molecule has 0 amide bonds. The third-order valence-electron chi connectivity index (χ3n) is 1.50. The number of aromatic nitrogens is 2. The van der Waals surface area contributed by atoms with Crippen molar-refractivity contribution >= 4 is 6.01 Å². The Morgan fingerprint density at radius 1 is 1.54 bits per heavy atom. The molecule has 68 valence electrons. The summed E-state index contributed by atoms with van der Waals surface area (Å²) in [5.41, 5.74) is 0. The SMILES string of the molecule is CCNc1nc(-c2ccco2)no1. The van der Waals surface area contributed by atoms with E-state index in [9.17, 15) is 0 Å². The van der Waals surface area contributed by atoms with E-state index in [1.54, 1.807) is 18.4 Å². The van der Waals surface area contributed by atoms with Gasteiger partial charge in [-0.3, -0.25) is 0 Å². The van der Waals surface area contributed by atoms with Crippen LogP contribution in [0.3, 0.4) is 0 Å². The number of hydrogen-bond acceptors (Lipinski definition) is 5. The van der Waals surface area contributed by atoms with Crippen molar-refractivity contribution in [1.82, 2.24) is 10.1 Å². The van der Waals surface area contributed by atoms with Gasteiger partial charge in [0.05, 0.1) is 6.26 Å². The Labute approximate surface area is 74.7 Å². The molecule has 0 aliphatic rings. The molecular formula is C8H9N3O2. The van der Waals surface area contributed by atoms with Gasteiger partial charge in [0, 0.05) is 6.54 Å². The molecule has 5 heteroatoms. The van der Waals surface area contributed by atoms with Crippen LogP contribution in [-0.2, 0) is 0 Å². The summed E-state index contributed by atoms with van der Waals surface area (Å²) in [7, 11) is 0. The normalized spacial score (nSPS) is 10.2. The molecule has 2 aromatic heterocycles. The standard InChI is InChI=1S/C8H9N3O2/c1-2-9-8-10-7(11-13-8)6-4-3-5-12-6/h3-5H,2H2,1H3,(H,9,10,11). The zero-order valence-corrected chi connectivity index (χ0v) is 7.15. The maximum absolute atomic E-state index is 5.10. The molecule has 0 aliphatic heterocycles. The summed E-state index contributed by atoms with van der Waals surface area (Å²) in [6.07, 6.45) is 1.57. The van der Waals surface area contributed by atoms with Crippen molar-refractivity contribution in [2.75, 3.05) is 11.9 Å². The minimum Gasteiger partial charge on any atom is -0.461 e. The first kappa shape index (κ1) is 7.85. The molecule has 0 aliphatic carbocycles.